The number of nitrogens with zero attached hydrogens (tertiary/aromatic N) is 3. The second kappa shape index (κ2) is 8.38. The molecule has 8 heteroatoms. The highest BCUT2D eigenvalue weighted by Gasteiger charge is 2.32. The first-order chi connectivity index (χ1) is 14.2. The minimum atomic E-state index is -0.122. The van der Waals surface area contributed by atoms with Gasteiger partial charge in [0.1, 0.15) is 11.6 Å². The first kappa shape index (κ1) is 19.0. The Balaban J connectivity index is 1.46. The Kier molecular flexibility index (Phi) is 5.50. The zero-order valence-corrected chi connectivity index (χ0v) is 16.6. The smallest absolute Gasteiger partial charge is 0.318 e. The number of amides is 2. The maximum Gasteiger partial charge on any atom is 0.318 e. The summed E-state index contributed by atoms with van der Waals surface area (Å²) in [6.07, 6.45) is 3.45. The number of carbonyl (C=O) groups excluding carboxylic acids is 1. The Bertz CT molecular complexity index is 953. The van der Waals surface area contributed by atoms with Crippen molar-refractivity contribution in [1.82, 2.24) is 25.4 Å². The maximum atomic E-state index is 13.0. The van der Waals surface area contributed by atoms with Gasteiger partial charge in [-0.15, -0.1) is 5.10 Å². The molecule has 0 aliphatic carbocycles. The van der Waals surface area contributed by atoms with Crippen LogP contribution in [-0.2, 0) is 6.54 Å². The van der Waals surface area contributed by atoms with Crippen LogP contribution in [0.4, 0.5) is 4.79 Å². The summed E-state index contributed by atoms with van der Waals surface area (Å²) in [4.78, 5) is 19.3. The molecule has 0 radical (unpaired) electrons. The first-order valence-electron chi connectivity index (χ1n) is 9.78. The van der Waals surface area contributed by atoms with Gasteiger partial charge in [-0.3, -0.25) is 5.10 Å². The minimum Gasteiger partial charge on any atom is -0.496 e. The monoisotopic (exact) mass is 395 g/mol. The van der Waals surface area contributed by atoms with E-state index in [2.05, 4.69) is 27.4 Å². The SMILES string of the molecule is COc1ccccc1[C@H]1C[C@@H](C)CCN1C(=O)NCc1nc(-c2ccco2)n[nH]1. The highest BCUT2D eigenvalue weighted by molar-refractivity contribution is 5.75. The lowest BCUT2D eigenvalue weighted by Crippen LogP contribution is -2.46. The van der Waals surface area contributed by atoms with Crippen LogP contribution in [0.15, 0.2) is 47.1 Å². The summed E-state index contributed by atoms with van der Waals surface area (Å²) in [6, 6.07) is 11.3. The van der Waals surface area contributed by atoms with Crippen LogP contribution in [0.5, 0.6) is 5.75 Å². The van der Waals surface area contributed by atoms with Gasteiger partial charge in [0, 0.05) is 12.1 Å². The molecule has 1 aromatic carbocycles. The van der Waals surface area contributed by atoms with Crippen molar-refractivity contribution in [2.75, 3.05) is 13.7 Å². The molecule has 0 saturated carbocycles. The fraction of sp³-hybridized carbons (Fsp3) is 0.381. The summed E-state index contributed by atoms with van der Waals surface area (Å²) in [5.41, 5.74) is 1.04. The van der Waals surface area contributed by atoms with Crippen molar-refractivity contribution in [2.45, 2.75) is 32.4 Å². The highest BCUT2D eigenvalue weighted by atomic mass is 16.5. The lowest BCUT2D eigenvalue weighted by atomic mass is 9.88. The van der Waals surface area contributed by atoms with Crippen molar-refractivity contribution in [1.29, 1.82) is 0 Å². The van der Waals surface area contributed by atoms with E-state index in [0.717, 1.165) is 24.2 Å². The van der Waals surface area contributed by atoms with Crippen molar-refractivity contribution in [3.63, 3.8) is 0 Å². The molecule has 1 fully saturated rings. The second-order valence-corrected chi connectivity index (χ2v) is 7.32. The molecule has 8 nitrogen and oxygen atoms in total. The summed E-state index contributed by atoms with van der Waals surface area (Å²) in [5.74, 6) is 2.98. The van der Waals surface area contributed by atoms with Crippen molar-refractivity contribution >= 4 is 6.03 Å². The number of H-pyrrole nitrogens is 1. The van der Waals surface area contributed by atoms with Crippen LogP contribution in [0, 0.1) is 5.92 Å². The Hall–Kier alpha value is -3.29. The molecule has 0 bridgehead atoms. The normalized spacial score (nSPS) is 19.2. The molecule has 1 saturated heterocycles. The lowest BCUT2D eigenvalue weighted by Gasteiger charge is -2.39. The average molecular weight is 395 g/mol. The molecule has 0 spiro atoms. The molecule has 2 atom stereocenters. The number of urea groups is 1. The second-order valence-electron chi connectivity index (χ2n) is 7.32. The molecular formula is C21H25N5O3. The quantitative estimate of drug-likeness (QED) is 0.686. The molecule has 2 N–H and O–H groups in total. The van der Waals surface area contributed by atoms with Gasteiger partial charge in [0.15, 0.2) is 5.76 Å². The molecule has 1 aliphatic heterocycles. The van der Waals surface area contributed by atoms with Crippen LogP contribution in [0.25, 0.3) is 11.6 Å². The standard InChI is InChI=1S/C21H25N5O3/c1-14-9-10-26(16(12-14)15-6-3-4-7-17(15)28-2)21(27)22-13-19-23-20(25-24-19)18-8-5-11-29-18/h3-8,11,14,16H,9-10,12-13H2,1-2H3,(H,22,27)(H,23,24,25)/t14-,16+/m0/s1. The maximum absolute atomic E-state index is 13.0. The van der Waals surface area contributed by atoms with Crippen molar-refractivity contribution in [2.24, 2.45) is 5.92 Å². The number of likely N-dealkylation sites (tertiary alicyclic amines) is 1. The van der Waals surface area contributed by atoms with Gasteiger partial charge in [0.2, 0.25) is 5.82 Å². The fourth-order valence-corrected chi connectivity index (χ4v) is 3.77. The molecule has 152 valence electrons. The van der Waals surface area contributed by atoms with E-state index in [-0.39, 0.29) is 18.6 Å². The summed E-state index contributed by atoms with van der Waals surface area (Å²) < 4.78 is 10.8. The van der Waals surface area contributed by atoms with E-state index in [4.69, 9.17) is 9.15 Å². The van der Waals surface area contributed by atoms with Gasteiger partial charge in [-0.1, -0.05) is 25.1 Å². The topological polar surface area (TPSA) is 96.3 Å². The van der Waals surface area contributed by atoms with Gasteiger partial charge in [-0.25, -0.2) is 9.78 Å². The van der Waals surface area contributed by atoms with E-state index in [1.807, 2.05) is 29.2 Å². The van der Waals surface area contributed by atoms with Crippen molar-refractivity contribution in [3.8, 4) is 17.3 Å². The number of furan rings is 1. The largest absolute Gasteiger partial charge is 0.496 e. The molecule has 3 aromatic rings. The van der Waals surface area contributed by atoms with Crippen LogP contribution >= 0.6 is 0 Å². The van der Waals surface area contributed by atoms with Crippen molar-refractivity contribution < 1.29 is 13.9 Å². The van der Waals surface area contributed by atoms with E-state index in [0.29, 0.717) is 29.9 Å². The Morgan fingerprint density at radius 1 is 1.34 bits per heavy atom. The zero-order chi connectivity index (χ0) is 20.2. The van der Waals surface area contributed by atoms with Gasteiger partial charge in [-0.2, -0.15) is 0 Å². The number of aromatic amines is 1. The van der Waals surface area contributed by atoms with Crippen LogP contribution in [0.2, 0.25) is 0 Å². The van der Waals surface area contributed by atoms with Gasteiger partial charge in [0.25, 0.3) is 0 Å². The number of hydrogen-bond acceptors (Lipinski definition) is 5. The summed E-state index contributed by atoms with van der Waals surface area (Å²) in [6.45, 7) is 3.18. The Morgan fingerprint density at radius 3 is 3.00 bits per heavy atom. The number of rotatable bonds is 5. The molecule has 2 amide bonds. The van der Waals surface area contributed by atoms with E-state index in [9.17, 15) is 4.79 Å². The lowest BCUT2D eigenvalue weighted by molar-refractivity contribution is 0.130. The number of aromatic nitrogens is 3. The molecule has 0 unspecified atom stereocenters. The number of hydrogen-bond donors (Lipinski definition) is 2. The summed E-state index contributed by atoms with van der Waals surface area (Å²) in [7, 11) is 1.66. The van der Waals surface area contributed by atoms with Gasteiger partial charge in [0.05, 0.1) is 26.0 Å². The van der Waals surface area contributed by atoms with E-state index in [1.54, 1.807) is 25.5 Å². The van der Waals surface area contributed by atoms with E-state index < -0.39 is 0 Å². The third-order valence-electron chi connectivity index (χ3n) is 5.30. The predicted octanol–water partition coefficient (Wildman–Crippen LogP) is 3.76. The van der Waals surface area contributed by atoms with E-state index in [1.165, 1.54) is 0 Å². The van der Waals surface area contributed by atoms with Crippen LogP contribution in [0.3, 0.4) is 0 Å². The number of benzene rings is 1. The third-order valence-corrected chi connectivity index (χ3v) is 5.30. The highest BCUT2D eigenvalue weighted by Crippen LogP contribution is 2.38. The molecule has 4 rings (SSSR count). The predicted molar refractivity (Wildman–Crippen MR) is 107 cm³/mol. The van der Waals surface area contributed by atoms with Gasteiger partial charge < -0.3 is 19.4 Å². The first-order valence-corrected chi connectivity index (χ1v) is 9.78. The molecule has 29 heavy (non-hydrogen) atoms. The summed E-state index contributed by atoms with van der Waals surface area (Å²) >= 11 is 0. The number of ether oxygens (including phenoxy) is 1. The average Bonchev–Trinajstić information content (AvgIpc) is 3.43. The Labute approximate surface area is 169 Å². The van der Waals surface area contributed by atoms with Crippen LogP contribution in [-0.4, -0.2) is 39.8 Å². The number of carbonyl (C=O) groups is 1. The number of methoxy groups -OCH3 is 1. The van der Waals surface area contributed by atoms with Crippen molar-refractivity contribution in [3.05, 3.63) is 54.0 Å². The molecular weight excluding hydrogens is 370 g/mol. The van der Waals surface area contributed by atoms with Crippen LogP contribution in [0.1, 0.15) is 37.2 Å². The number of nitrogens with one attached hydrogen (secondary N) is 2. The third kappa shape index (κ3) is 4.11. The Morgan fingerprint density at radius 2 is 2.21 bits per heavy atom. The number of piperidine rings is 1. The van der Waals surface area contributed by atoms with E-state index >= 15 is 0 Å². The fourth-order valence-electron chi connectivity index (χ4n) is 3.77. The number of para-hydroxylation sites is 1. The van der Waals surface area contributed by atoms with Gasteiger partial charge in [-0.05, 0) is 37.0 Å². The van der Waals surface area contributed by atoms with Crippen LogP contribution < -0.4 is 10.1 Å². The van der Waals surface area contributed by atoms with Gasteiger partial charge >= 0.3 is 6.03 Å². The molecule has 1 aliphatic rings. The molecule has 3 heterocycles. The molecule has 2 aromatic heterocycles. The summed E-state index contributed by atoms with van der Waals surface area (Å²) in [5, 5.41) is 9.94. The minimum absolute atomic E-state index is 0.0247. The zero-order valence-electron chi connectivity index (χ0n) is 16.6.